The second-order valence-electron chi connectivity index (χ2n) is 5.42. The molecule has 2 aromatic carbocycles. The van der Waals surface area contributed by atoms with Crippen LogP contribution in [0.5, 0.6) is 5.75 Å². The summed E-state index contributed by atoms with van der Waals surface area (Å²) in [6, 6.07) is 13.1. The van der Waals surface area contributed by atoms with Gasteiger partial charge in [0, 0.05) is 5.02 Å². The molecule has 4 nitrogen and oxygen atoms in total. The molecule has 0 bridgehead atoms. The van der Waals surface area contributed by atoms with Gasteiger partial charge in [0.2, 0.25) is 0 Å². The minimum Gasteiger partial charge on any atom is -0.494 e. The molecule has 0 aliphatic carbocycles. The summed E-state index contributed by atoms with van der Waals surface area (Å²) in [5.41, 5.74) is 2.65. The highest BCUT2D eigenvalue weighted by Gasteiger charge is 2.24. The van der Waals surface area contributed by atoms with Gasteiger partial charge in [-0.1, -0.05) is 23.7 Å². The molecular weight excluding hydrogens is 356 g/mol. The van der Waals surface area contributed by atoms with Crippen LogP contribution in [0.15, 0.2) is 52.4 Å². The molecule has 1 aliphatic heterocycles. The number of aliphatic imine (C=N–C) groups is 1. The minimum atomic E-state index is -0.155. The summed E-state index contributed by atoms with van der Waals surface area (Å²) < 4.78 is 5.49. The Kier molecular flexibility index (Phi) is 5.46. The Morgan fingerprint density at radius 1 is 1.28 bits per heavy atom. The summed E-state index contributed by atoms with van der Waals surface area (Å²) in [6.45, 7) is 4.47. The van der Waals surface area contributed by atoms with Gasteiger partial charge in [0.15, 0.2) is 5.17 Å². The Morgan fingerprint density at radius 2 is 2.12 bits per heavy atom. The summed E-state index contributed by atoms with van der Waals surface area (Å²) in [4.78, 5) is 17.3. The highest BCUT2D eigenvalue weighted by Crippen LogP contribution is 2.30. The van der Waals surface area contributed by atoms with Gasteiger partial charge in [0.25, 0.3) is 5.91 Å². The molecule has 6 heteroatoms. The van der Waals surface area contributed by atoms with E-state index in [0.29, 0.717) is 21.7 Å². The van der Waals surface area contributed by atoms with Crippen LogP contribution in [0, 0.1) is 6.92 Å². The number of carbonyl (C=O) groups is 1. The molecule has 0 spiro atoms. The van der Waals surface area contributed by atoms with Gasteiger partial charge in [-0.05, 0) is 73.1 Å². The molecule has 1 amide bonds. The molecule has 0 aromatic heterocycles. The fourth-order valence-electron chi connectivity index (χ4n) is 2.35. The molecule has 25 heavy (non-hydrogen) atoms. The molecule has 0 atom stereocenters. The fourth-order valence-corrected chi connectivity index (χ4v) is 3.41. The molecule has 1 aliphatic rings. The van der Waals surface area contributed by atoms with Crippen molar-refractivity contribution < 1.29 is 9.53 Å². The predicted octanol–water partition coefficient (Wildman–Crippen LogP) is 4.94. The van der Waals surface area contributed by atoms with Crippen LogP contribution in [0.3, 0.4) is 0 Å². The third-order valence-corrected chi connectivity index (χ3v) is 4.64. The number of nitrogens with zero attached hydrogens (tertiary/aromatic N) is 1. The highest BCUT2D eigenvalue weighted by atomic mass is 35.5. The number of hydrogen-bond acceptors (Lipinski definition) is 4. The van der Waals surface area contributed by atoms with Gasteiger partial charge in [-0.2, -0.15) is 0 Å². The third-order valence-electron chi connectivity index (χ3n) is 3.50. The number of nitrogens with one attached hydrogen (secondary N) is 1. The molecule has 1 saturated heterocycles. The molecule has 3 rings (SSSR count). The van der Waals surface area contributed by atoms with E-state index in [1.54, 1.807) is 6.07 Å². The molecule has 1 heterocycles. The van der Waals surface area contributed by atoms with Gasteiger partial charge in [0.05, 0.1) is 17.2 Å². The van der Waals surface area contributed by atoms with Crippen molar-refractivity contribution in [2.45, 2.75) is 13.8 Å². The van der Waals surface area contributed by atoms with Gasteiger partial charge in [0.1, 0.15) is 5.75 Å². The first-order valence-corrected chi connectivity index (χ1v) is 9.03. The number of aryl methyl sites for hydroxylation is 1. The highest BCUT2D eigenvalue weighted by molar-refractivity contribution is 8.18. The molecule has 1 N–H and O–H groups in total. The standard InChI is InChI=1S/C19H17ClN2O2S/c1-3-24-15-6-4-5-13(10-15)11-17-18(23)22-19(25-17)21-16-8-7-14(20)9-12(16)2/h4-11H,3H2,1-2H3,(H,21,22,23)/b17-11-. The first-order valence-electron chi connectivity index (χ1n) is 7.84. The number of benzene rings is 2. The first-order chi connectivity index (χ1) is 12.0. The molecule has 0 saturated carbocycles. The zero-order chi connectivity index (χ0) is 17.8. The van der Waals surface area contributed by atoms with Crippen LogP contribution >= 0.6 is 23.4 Å². The van der Waals surface area contributed by atoms with Gasteiger partial charge in [-0.3, -0.25) is 4.79 Å². The minimum absolute atomic E-state index is 0.155. The number of thioether (sulfide) groups is 1. The van der Waals surface area contributed by atoms with Crippen molar-refractivity contribution >= 4 is 46.2 Å². The van der Waals surface area contributed by atoms with Crippen molar-refractivity contribution in [1.29, 1.82) is 0 Å². The zero-order valence-electron chi connectivity index (χ0n) is 13.9. The Hall–Kier alpha value is -2.24. The van der Waals surface area contributed by atoms with E-state index >= 15 is 0 Å². The van der Waals surface area contributed by atoms with Crippen molar-refractivity contribution in [3.8, 4) is 5.75 Å². The van der Waals surface area contributed by atoms with Crippen molar-refractivity contribution in [3.05, 3.63) is 63.5 Å². The average Bonchev–Trinajstić information content (AvgIpc) is 2.90. The number of rotatable bonds is 4. The number of ether oxygens (including phenoxy) is 1. The normalized spacial score (nSPS) is 17.2. The zero-order valence-corrected chi connectivity index (χ0v) is 15.4. The Bertz CT molecular complexity index is 877. The number of amides is 1. The van der Waals surface area contributed by atoms with Crippen molar-refractivity contribution in [3.63, 3.8) is 0 Å². The lowest BCUT2D eigenvalue weighted by Gasteiger charge is -2.03. The van der Waals surface area contributed by atoms with Gasteiger partial charge >= 0.3 is 0 Å². The predicted molar refractivity (Wildman–Crippen MR) is 105 cm³/mol. The van der Waals surface area contributed by atoms with E-state index in [9.17, 15) is 4.79 Å². The maximum absolute atomic E-state index is 12.2. The smallest absolute Gasteiger partial charge is 0.264 e. The van der Waals surface area contributed by atoms with Crippen molar-refractivity contribution in [1.82, 2.24) is 5.32 Å². The monoisotopic (exact) mass is 372 g/mol. The van der Waals surface area contributed by atoms with Crippen LogP contribution in [0.4, 0.5) is 5.69 Å². The van der Waals surface area contributed by atoms with E-state index in [2.05, 4.69) is 10.3 Å². The fraction of sp³-hybridized carbons (Fsp3) is 0.158. The lowest BCUT2D eigenvalue weighted by atomic mass is 10.2. The van der Waals surface area contributed by atoms with E-state index in [1.165, 1.54) is 11.8 Å². The largest absolute Gasteiger partial charge is 0.494 e. The summed E-state index contributed by atoms with van der Waals surface area (Å²) in [5, 5.41) is 4.02. The second-order valence-corrected chi connectivity index (χ2v) is 6.89. The van der Waals surface area contributed by atoms with Crippen LogP contribution in [-0.4, -0.2) is 17.7 Å². The quantitative estimate of drug-likeness (QED) is 0.773. The van der Waals surface area contributed by atoms with E-state index in [-0.39, 0.29) is 5.91 Å². The number of halogens is 1. The maximum atomic E-state index is 12.2. The van der Waals surface area contributed by atoms with Crippen molar-refractivity contribution in [2.24, 2.45) is 4.99 Å². The van der Waals surface area contributed by atoms with Crippen LogP contribution in [0.1, 0.15) is 18.1 Å². The number of amidine groups is 1. The first kappa shape index (κ1) is 17.6. The van der Waals surface area contributed by atoms with Crippen LogP contribution < -0.4 is 10.1 Å². The molecule has 0 radical (unpaired) electrons. The average molecular weight is 373 g/mol. The Labute approximate surface area is 155 Å². The molecule has 1 fully saturated rings. The number of carbonyl (C=O) groups excluding carboxylic acids is 1. The summed E-state index contributed by atoms with van der Waals surface area (Å²) in [6.07, 6.45) is 1.83. The van der Waals surface area contributed by atoms with E-state index in [4.69, 9.17) is 16.3 Å². The van der Waals surface area contributed by atoms with Crippen molar-refractivity contribution in [2.75, 3.05) is 6.61 Å². The summed E-state index contributed by atoms with van der Waals surface area (Å²) >= 11 is 7.28. The SMILES string of the molecule is CCOc1cccc(/C=C2\SC(=Nc3ccc(Cl)cc3C)NC2=O)c1. The second kappa shape index (κ2) is 7.76. The van der Waals surface area contributed by atoms with Gasteiger partial charge in [-0.15, -0.1) is 0 Å². The van der Waals surface area contributed by atoms with E-state index in [0.717, 1.165) is 22.6 Å². The van der Waals surface area contributed by atoms with Crippen LogP contribution in [-0.2, 0) is 4.79 Å². The van der Waals surface area contributed by atoms with Gasteiger partial charge in [-0.25, -0.2) is 4.99 Å². The topological polar surface area (TPSA) is 50.7 Å². The third kappa shape index (κ3) is 4.44. The number of hydrogen-bond donors (Lipinski definition) is 1. The van der Waals surface area contributed by atoms with E-state index < -0.39 is 0 Å². The molecule has 128 valence electrons. The van der Waals surface area contributed by atoms with E-state index in [1.807, 2.05) is 56.3 Å². The van der Waals surface area contributed by atoms with Crippen LogP contribution in [0.25, 0.3) is 6.08 Å². The Morgan fingerprint density at radius 3 is 2.88 bits per heavy atom. The molecular formula is C19H17ClN2O2S. The molecule has 2 aromatic rings. The summed E-state index contributed by atoms with van der Waals surface area (Å²) in [7, 11) is 0. The lowest BCUT2D eigenvalue weighted by Crippen LogP contribution is -2.19. The van der Waals surface area contributed by atoms with Gasteiger partial charge < -0.3 is 10.1 Å². The Balaban J connectivity index is 1.82. The van der Waals surface area contributed by atoms with Crippen LogP contribution in [0.2, 0.25) is 5.02 Å². The molecule has 0 unspecified atom stereocenters. The lowest BCUT2D eigenvalue weighted by molar-refractivity contribution is -0.115. The maximum Gasteiger partial charge on any atom is 0.264 e. The summed E-state index contributed by atoms with van der Waals surface area (Å²) in [5.74, 6) is 0.628.